The molecule has 2 aromatic carbocycles. The molecule has 2 aromatic rings. The minimum atomic E-state index is -0.0993. The van der Waals surface area contributed by atoms with Crippen LogP contribution in [-0.4, -0.2) is 0 Å². The maximum absolute atomic E-state index is 6.26. The van der Waals surface area contributed by atoms with Crippen LogP contribution in [0.15, 0.2) is 48.5 Å². The second kappa shape index (κ2) is 5.96. The van der Waals surface area contributed by atoms with Crippen molar-refractivity contribution in [2.45, 2.75) is 32.2 Å². The van der Waals surface area contributed by atoms with Gasteiger partial charge in [0.2, 0.25) is 0 Å². The molecule has 0 saturated heterocycles. The molecule has 0 aromatic heterocycles. The first kappa shape index (κ1) is 15.0. The molecule has 106 valence electrons. The summed E-state index contributed by atoms with van der Waals surface area (Å²) < 4.78 is 0. The number of hydrogen-bond acceptors (Lipinski definition) is 2. The molecular formula is C17H21ClN2. The van der Waals surface area contributed by atoms with Crippen LogP contribution in [0.5, 0.6) is 0 Å². The Bertz CT molecular complexity index is 570. The van der Waals surface area contributed by atoms with Crippen molar-refractivity contribution in [3.05, 3.63) is 70.2 Å². The number of benzene rings is 2. The summed E-state index contributed by atoms with van der Waals surface area (Å²) in [6.45, 7) is 6.61. The molecule has 3 heteroatoms. The van der Waals surface area contributed by atoms with Crippen molar-refractivity contribution >= 4 is 11.6 Å². The predicted octanol–water partition coefficient (Wildman–Crippen LogP) is 4.19. The number of hydrogen-bond donors (Lipinski definition) is 2. The zero-order valence-corrected chi connectivity index (χ0v) is 12.9. The van der Waals surface area contributed by atoms with E-state index in [1.54, 1.807) is 0 Å². The Labute approximate surface area is 125 Å². The lowest BCUT2D eigenvalue weighted by Crippen LogP contribution is -2.29. The fourth-order valence-electron chi connectivity index (χ4n) is 2.25. The molecule has 0 aliphatic heterocycles. The highest BCUT2D eigenvalue weighted by Gasteiger charge is 2.17. The van der Waals surface area contributed by atoms with Crippen molar-refractivity contribution in [3.8, 4) is 0 Å². The molecule has 3 N–H and O–H groups in total. The lowest BCUT2D eigenvalue weighted by molar-refractivity contribution is 0.588. The molecule has 0 aliphatic rings. The van der Waals surface area contributed by atoms with Gasteiger partial charge in [0.15, 0.2) is 0 Å². The standard InChI is InChI=1S/C17H21ClN2/c1-17(2,3)13-10-8-12(9-11-13)16(20-19)14-6-4-5-7-15(14)18/h4-11,16,20H,19H2,1-3H3. The van der Waals surface area contributed by atoms with E-state index >= 15 is 0 Å². The Hall–Kier alpha value is -1.35. The Morgan fingerprint density at radius 1 is 1.00 bits per heavy atom. The third kappa shape index (κ3) is 3.21. The Kier molecular flexibility index (Phi) is 4.48. The van der Waals surface area contributed by atoms with Crippen molar-refractivity contribution in [2.24, 2.45) is 5.84 Å². The lowest BCUT2D eigenvalue weighted by Gasteiger charge is -2.22. The zero-order valence-electron chi connectivity index (χ0n) is 12.2. The summed E-state index contributed by atoms with van der Waals surface area (Å²) >= 11 is 6.26. The zero-order chi connectivity index (χ0) is 14.8. The molecule has 0 fully saturated rings. The summed E-state index contributed by atoms with van der Waals surface area (Å²) in [7, 11) is 0. The van der Waals surface area contributed by atoms with Crippen molar-refractivity contribution in [1.29, 1.82) is 0 Å². The molecule has 0 aliphatic carbocycles. The number of halogens is 1. The number of rotatable bonds is 3. The van der Waals surface area contributed by atoms with E-state index in [-0.39, 0.29) is 11.5 Å². The van der Waals surface area contributed by atoms with E-state index < -0.39 is 0 Å². The van der Waals surface area contributed by atoms with E-state index in [0.717, 1.165) is 16.1 Å². The molecule has 2 nitrogen and oxygen atoms in total. The van der Waals surface area contributed by atoms with Gasteiger partial charge in [-0.25, -0.2) is 5.43 Å². The van der Waals surface area contributed by atoms with Gasteiger partial charge in [-0.2, -0.15) is 0 Å². The van der Waals surface area contributed by atoms with Crippen LogP contribution in [-0.2, 0) is 5.41 Å². The van der Waals surface area contributed by atoms with Gasteiger partial charge in [0.05, 0.1) is 6.04 Å². The van der Waals surface area contributed by atoms with Crippen LogP contribution in [0.3, 0.4) is 0 Å². The first-order valence-electron chi connectivity index (χ1n) is 6.74. The molecule has 0 amide bonds. The van der Waals surface area contributed by atoms with Crippen LogP contribution in [0.1, 0.15) is 43.5 Å². The molecule has 20 heavy (non-hydrogen) atoms. The van der Waals surface area contributed by atoms with Gasteiger partial charge in [-0.15, -0.1) is 0 Å². The summed E-state index contributed by atoms with van der Waals surface area (Å²) in [4.78, 5) is 0. The van der Waals surface area contributed by atoms with Crippen molar-refractivity contribution in [2.75, 3.05) is 0 Å². The van der Waals surface area contributed by atoms with Crippen LogP contribution < -0.4 is 11.3 Å². The van der Waals surface area contributed by atoms with Crippen LogP contribution in [0, 0.1) is 0 Å². The van der Waals surface area contributed by atoms with Crippen LogP contribution in [0.25, 0.3) is 0 Å². The summed E-state index contributed by atoms with van der Waals surface area (Å²) in [6.07, 6.45) is 0. The molecule has 0 radical (unpaired) electrons. The van der Waals surface area contributed by atoms with Crippen molar-refractivity contribution < 1.29 is 0 Å². The Balaban J connectivity index is 2.36. The third-order valence-corrected chi connectivity index (χ3v) is 3.84. The van der Waals surface area contributed by atoms with Gasteiger partial charge in [-0.3, -0.25) is 5.84 Å². The summed E-state index contributed by atoms with van der Waals surface area (Å²) in [5.41, 5.74) is 6.39. The highest BCUT2D eigenvalue weighted by molar-refractivity contribution is 6.31. The van der Waals surface area contributed by atoms with Gasteiger partial charge in [-0.1, -0.05) is 74.8 Å². The maximum atomic E-state index is 6.26. The smallest absolute Gasteiger partial charge is 0.0724 e. The number of hydrazine groups is 1. The Morgan fingerprint density at radius 3 is 2.10 bits per heavy atom. The van der Waals surface area contributed by atoms with E-state index in [1.807, 2.05) is 24.3 Å². The topological polar surface area (TPSA) is 38.0 Å². The largest absolute Gasteiger partial charge is 0.271 e. The van der Waals surface area contributed by atoms with Gasteiger partial charge in [0.25, 0.3) is 0 Å². The predicted molar refractivity (Wildman–Crippen MR) is 85.8 cm³/mol. The van der Waals surface area contributed by atoms with Crippen LogP contribution in [0.2, 0.25) is 5.02 Å². The molecule has 0 saturated carbocycles. The van der Waals surface area contributed by atoms with Crippen LogP contribution >= 0.6 is 11.6 Å². The van der Waals surface area contributed by atoms with E-state index in [1.165, 1.54) is 5.56 Å². The summed E-state index contributed by atoms with van der Waals surface area (Å²) in [6, 6.07) is 16.2. The highest BCUT2D eigenvalue weighted by atomic mass is 35.5. The molecule has 0 bridgehead atoms. The second-order valence-electron chi connectivity index (χ2n) is 5.99. The lowest BCUT2D eigenvalue weighted by atomic mass is 9.86. The average molecular weight is 289 g/mol. The average Bonchev–Trinajstić information content (AvgIpc) is 2.41. The molecular weight excluding hydrogens is 268 g/mol. The molecule has 1 unspecified atom stereocenters. The normalized spacial score (nSPS) is 13.2. The highest BCUT2D eigenvalue weighted by Crippen LogP contribution is 2.29. The first-order valence-corrected chi connectivity index (χ1v) is 7.12. The van der Waals surface area contributed by atoms with E-state index in [0.29, 0.717) is 0 Å². The van der Waals surface area contributed by atoms with Crippen molar-refractivity contribution in [1.82, 2.24) is 5.43 Å². The van der Waals surface area contributed by atoms with Gasteiger partial charge in [-0.05, 0) is 28.2 Å². The number of nitrogens with two attached hydrogens (primary N) is 1. The number of nitrogens with one attached hydrogen (secondary N) is 1. The van der Waals surface area contributed by atoms with Gasteiger partial charge in [0, 0.05) is 5.02 Å². The molecule has 1 atom stereocenters. The van der Waals surface area contributed by atoms with E-state index in [9.17, 15) is 0 Å². The minimum absolute atomic E-state index is 0.0993. The Morgan fingerprint density at radius 2 is 1.60 bits per heavy atom. The first-order chi connectivity index (χ1) is 9.43. The fraction of sp³-hybridized carbons (Fsp3) is 0.294. The minimum Gasteiger partial charge on any atom is -0.271 e. The SMILES string of the molecule is CC(C)(C)c1ccc(C(NN)c2ccccc2Cl)cc1. The second-order valence-corrected chi connectivity index (χ2v) is 6.40. The van der Waals surface area contributed by atoms with E-state index in [2.05, 4.69) is 50.5 Å². The molecule has 2 rings (SSSR count). The monoisotopic (exact) mass is 288 g/mol. The summed E-state index contributed by atoms with van der Waals surface area (Å²) in [5.74, 6) is 5.72. The van der Waals surface area contributed by atoms with Gasteiger partial charge < -0.3 is 0 Å². The molecule has 0 heterocycles. The fourth-order valence-corrected chi connectivity index (χ4v) is 2.50. The molecule has 0 spiro atoms. The summed E-state index contributed by atoms with van der Waals surface area (Å²) in [5, 5.41) is 0.718. The van der Waals surface area contributed by atoms with Gasteiger partial charge in [0.1, 0.15) is 0 Å². The van der Waals surface area contributed by atoms with Crippen LogP contribution in [0.4, 0.5) is 0 Å². The van der Waals surface area contributed by atoms with Crippen molar-refractivity contribution in [3.63, 3.8) is 0 Å². The maximum Gasteiger partial charge on any atom is 0.0724 e. The van der Waals surface area contributed by atoms with Gasteiger partial charge >= 0.3 is 0 Å². The quantitative estimate of drug-likeness (QED) is 0.656. The third-order valence-electron chi connectivity index (χ3n) is 3.49. The van der Waals surface area contributed by atoms with E-state index in [4.69, 9.17) is 17.4 Å².